The van der Waals surface area contributed by atoms with Crippen molar-refractivity contribution in [3.8, 4) is 5.69 Å². The van der Waals surface area contributed by atoms with E-state index in [1.165, 1.54) is 43.9 Å². The number of rotatable bonds is 4. The average molecular weight is 390 g/mol. The summed E-state index contributed by atoms with van der Waals surface area (Å²) in [5.74, 6) is 1.42. The van der Waals surface area contributed by atoms with Crippen LogP contribution < -0.4 is 0 Å². The summed E-state index contributed by atoms with van der Waals surface area (Å²) in [6.07, 6.45) is 11.2. The maximum absolute atomic E-state index is 12.9. The van der Waals surface area contributed by atoms with E-state index >= 15 is 0 Å². The lowest BCUT2D eigenvalue weighted by atomic mass is 9.78. The van der Waals surface area contributed by atoms with Crippen LogP contribution in [0.4, 0.5) is 0 Å². The zero-order chi connectivity index (χ0) is 17.9. The summed E-state index contributed by atoms with van der Waals surface area (Å²) in [7, 11) is 0. The molecule has 26 heavy (non-hydrogen) atoms. The Morgan fingerprint density at radius 3 is 2.96 bits per heavy atom. The van der Waals surface area contributed by atoms with E-state index in [0.29, 0.717) is 16.8 Å². The highest BCUT2D eigenvalue weighted by molar-refractivity contribution is 7.99. The fourth-order valence-corrected chi connectivity index (χ4v) is 5.41. The van der Waals surface area contributed by atoms with E-state index in [9.17, 15) is 4.79 Å². The van der Waals surface area contributed by atoms with Gasteiger partial charge in [-0.3, -0.25) is 9.36 Å². The molecule has 1 aliphatic carbocycles. The highest BCUT2D eigenvalue weighted by Gasteiger charge is 2.35. The minimum absolute atomic E-state index is 0.257. The fraction of sp³-hybridized carbons (Fsp3) is 0.500. The van der Waals surface area contributed by atoms with Crippen molar-refractivity contribution in [2.45, 2.75) is 49.7 Å². The van der Waals surface area contributed by atoms with Gasteiger partial charge in [-0.2, -0.15) is 0 Å². The maximum atomic E-state index is 12.9. The molecule has 0 radical (unpaired) electrons. The number of likely N-dealkylation sites (tertiary alicyclic amines) is 1. The van der Waals surface area contributed by atoms with E-state index in [1.54, 1.807) is 6.20 Å². The molecule has 1 saturated carbocycles. The molecule has 2 aromatic rings. The van der Waals surface area contributed by atoms with Crippen LogP contribution >= 0.6 is 23.4 Å². The number of halogens is 1. The van der Waals surface area contributed by atoms with Crippen molar-refractivity contribution in [2.75, 3.05) is 12.3 Å². The molecule has 2 unspecified atom stereocenters. The van der Waals surface area contributed by atoms with Gasteiger partial charge in [0, 0.05) is 35.7 Å². The van der Waals surface area contributed by atoms with Crippen LogP contribution in [-0.4, -0.2) is 38.7 Å². The normalized spacial score (nSPS) is 22.9. The van der Waals surface area contributed by atoms with Crippen LogP contribution in [-0.2, 0) is 4.79 Å². The number of hydrogen-bond donors (Lipinski definition) is 0. The summed E-state index contributed by atoms with van der Waals surface area (Å²) >= 11 is 7.62. The smallest absolute Gasteiger partial charge is 0.233 e. The Morgan fingerprint density at radius 2 is 2.08 bits per heavy atom. The summed E-state index contributed by atoms with van der Waals surface area (Å²) in [4.78, 5) is 19.5. The number of amides is 1. The number of fused-ring (bicyclic) bond motifs is 1. The van der Waals surface area contributed by atoms with E-state index < -0.39 is 0 Å². The van der Waals surface area contributed by atoms with Crippen molar-refractivity contribution in [3.05, 3.63) is 41.7 Å². The van der Waals surface area contributed by atoms with Crippen molar-refractivity contribution < 1.29 is 4.79 Å². The minimum Gasteiger partial charge on any atom is -0.339 e. The molecule has 1 aromatic heterocycles. The monoisotopic (exact) mass is 389 g/mol. The van der Waals surface area contributed by atoms with Crippen LogP contribution in [0, 0.1) is 5.92 Å². The van der Waals surface area contributed by atoms with E-state index in [0.717, 1.165) is 29.7 Å². The van der Waals surface area contributed by atoms with Crippen molar-refractivity contribution in [2.24, 2.45) is 5.92 Å². The Hall–Kier alpha value is -1.46. The lowest BCUT2D eigenvalue weighted by Gasteiger charge is -2.44. The number of carbonyl (C=O) groups is 1. The van der Waals surface area contributed by atoms with Crippen LogP contribution in [0.5, 0.6) is 0 Å². The number of hydrogen-bond acceptors (Lipinski definition) is 3. The third kappa shape index (κ3) is 3.79. The van der Waals surface area contributed by atoms with Gasteiger partial charge in [-0.05, 0) is 49.8 Å². The number of imidazole rings is 1. The van der Waals surface area contributed by atoms with Crippen LogP contribution in [0.1, 0.15) is 38.5 Å². The number of piperidine rings is 1. The van der Waals surface area contributed by atoms with Crippen LogP contribution in [0.3, 0.4) is 0 Å². The third-order valence-electron chi connectivity index (χ3n) is 5.58. The summed E-state index contributed by atoms with van der Waals surface area (Å²) in [5, 5.41) is 1.53. The number of carbonyl (C=O) groups excluding carboxylic acids is 1. The molecule has 1 saturated heterocycles. The number of benzene rings is 1. The summed E-state index contributed by atoms with van der Waals surface area (Å²) in [6, 6.07) is 8.16. The molecule has 0 spiro atoms. The van der Waals surface area contributed by atoms with Crippen molar-refractivity contribution in [3.63, 3.8) is 0 Å². The summed E-state index contributed by atoms with van der Waals surface area (Å²) in [6.45, 7) is 0.920. The van der Waals surface area contributed by atoms with Crippen molar-refractivity contribution in [1.29, 1.82) is 0 Å². The van der Waals surface area contributed by atoms with Gasteiger partial charge in [-0.15, -0.1) is 0 Å². The molecule has 2 aliphatic rings. The van der Waals surface area contributed by atoms with Gasteiger partial charge in [0.2, 0.25) is 5.91 Å². The molecule has 2 atom stereocenters. The largest absolute Gasteiger partial charge is 0.339 e. The van der Waals surface area contributed by atoms with Crippen LogP contribution in [0.25, 0.3) is 5.69 Å². The standard InChI is InChI=1S/C20H24ClN3OS/c21-16-7-3-8-17(13-16)23-12-10-22-20(23)26-14-19(25)24-11-4-6-15-5-1-2-9-18(15)24/h3,7-8,10,12-13,15,18H,1-2,4-6,9,11,14H2. The van der Waals surface area contributed by atoms with Gasteiger partial charge in [0.1, 0.15) is 0 Å². The molecule has 6 heteroatoms. The van der Waals surface area contributed by atoms with Crippen molar-refractivity contribution in [1.82, 2.24) is 14.5 Å². The molecule has 2 heterocycles. The van der Waals surface area contributed by atoms with Crippen molar-refractivity contribution >= 4 is 29.3 Å². The van der Waals surface area contributed by atoms with E-state index in [-0.39, 0.29) is 5.91 Å². The van der Waals surface area contributed by atoms with Gasteiger partial charge in [-0.1, -0.05) is 42.3 Å². The Morgan fingerprint density at radius 1 is 1.23 bits per heavy atom. The predicted octanol–water partition coefficient (Wildman–Crippen LogP) is 4.80. The van der Waals surface area contributed by atoms with Gasteiger partial charge in [-0.25, -0.2) is 4.98 Å². The zero-order valence-electron chi connectivity index (χ0n) is 14.8. The molecular weight excluding hydrogens is 366 g/mol. The first-order chi connectivity index (χ1) is 12.7. The number of thioether (sulfide) groups is 1. The Bertz CT molecular complexity index is 776. The van der Waals surface area contributed by atoms with Gasteiger partial charge < -0.3 is 4.90 Å². The van der Waals surface area contributed by atoms with E-state index in [4.69, 9.17) is 11.6 Å². The molecule has 1 aliphatic heterocycles. The highest BCUT2D eigenvalue weighted by Crippen LogP contribution is 2.35. The predicted molar refractivity (Wildman–Crippen MR) is 106 cm³/mol. The molecule has 1 amide bonds. The van der Waals surface area contributed by atoms with Gasteiger partial charge in [0.25, 0.3) is 0 Å². The van der Waals surface area contributed by atoms with Gasteiger partial charge >= 0.3 is 0 Å². The molecular formula is C20H24ClN3OS. The van der Waals surface area contributed by atoms with Gasteiger partial charge in [0.05, 0.1) is 5.75 Å². The van der Waals surface area contributed by atoms with Crippen LogP contribution in [0.2, 0.25) is 5.02 Å². The molecule has 0 N–H and O–H groups in total. The number of nitrogens with zero attached hydrogens (tertiary/aromatic N) is 3. The Kier molecular flexibility index (Phi) is 5.55. The molecule has 4 rings (SSSR count). The maximum Gasteiger partial charge on any atom is 0.233 e. The topological polar surface area (TPSA) is 38.1 Å². The number of aromatic nitrogens is 2. The Labute approximate surface area is 163 Å². The fourth-order valence-electron chi connectivity index (χ4n) is 4.36. The summed E-state index contributed by atoms with van der Waals surface area (Å²) in [5.41, 5.74) is 0.968. The first kappa shape index (κ1) is 17.9. The highest BCUT2D eigenvalue weighted by atomic mass is 35.5. The summed E-state index contributed by atoms with van der Waals surface area (Å²) < 4.78 is 1.99. The first-order valence-corrected chi connectivity index (χ1v) is 10.8. The molecule has 4 nitrogen and oxygen atoms in total. The van der Waals surface area contributed by atoms with Crippen LogP contribution in [0.15, 0.2) is 41.8 Å². The second-order valence-corrected chi connectivity index (χ2v) is 8.57. The molecule has 0 bridgehead atoms. The van der Waals surface area contributed by atoms with E-state index in [2.05, 4.69) is 9.88 Å². The third-order valence-corrected chi connectivity index (χ3v) is 6.77. The second-order valence-electron chi connectivity index (χ2n) is 7.19. The lowest BCUT2D eigenvalue weighted by molar-refractivity contribution is -0.134. The van der Waals surface area contributed by atoms with E-state index in [1.807, 2.05) is 35.0 Å². The lowest BCUT2D eigenvalue weighted by Crippen LogP contribution is -2.50. The average Bonchev–Trinajstić information content (AvgIpc) is 3.14. The molecule has 138 valence electrons. The second kappa shape index (κ2) is 8.05. The molecule has 2 fully saturated rings. The first-order valence-electron chi connectivity index (χ1n) is 9.44. The zero-order valence-corrected chi connectivity index (χ0v) is 16.4. The minimum atomic E-state index is 0.257. The SMILES string of the molecule is O=C(CSc1nccn1-c1cccc(Cl)c1)N1CCCC2CCCCC21. The molecule has 1 aromatic carbocycles. The quantitative estimate of drug-likeness (QED) is 0.705. The van der Waals surface area contributed by atoms with Gasteiger partial charge in [0.15, 0.2) is 5.16 Å². The Balaban J connectivity index is 1.43.